The Hall–Kier alpha value is -1.53. The van der Waals surface area contributed by atoms with Gasteiger partial charge in [0.1, 0.15) is 0 Å². The first-order chi connectivity index (χ1) is 12.3. The topological polar surface area (TPSA) is 69.6 Å². The molecule has 2 fully saturated rings. The Kier molecular flexibility index (Phi) is 6.76. The summed E-state index contributed by atoms with van der Waals surface area (Å²) in [5.74, 6) is 0.773. The maximum Gasteiger partial charge on any atom is 0.222 e. The zero-order valence-corrected chi connectivity index (χ0v) is 15.0. The number of aliphatic hydroxyl groups is 1. The van der Waals surface area contributed by atoms with Crippen molar-refractivity contribution in [3.05, 3.63) is 24.3 Å². The van der Waals surface area contributed by atoms with Gasteiger partial charge in [-0.2, -0.15) is 0 Å². The number of rotatable bonds is 6. The second-order valence-electron chi connectivity index (χ2n) is 7.41. The highest BCUT2D eigenvalue weighted by molar-refractivity contribution is 5.76. The van der Waals surface area contributed by atoms with Crippen molar-refractivity contribution in [3.63, 3.8) is 0 Å². The number of hydrogen-bond donors (Lipinski definition) is 1. The summed E-state index contributed by atoms with van der Waals surface area (Å²) >= 11 is 0. The summed E-state index contributed by atoms with van der Waals surface area (Å²) < 4.78 is 0. The van der Waals surface area contributed by atoms with E-state index in [4.69, 9.17) is 0 Å². The van der Waals surface area contributed by atoms with E-state index in [-0.39, 0.29) is 18.4 Å². The molecule has 0 aromatic carbocycles. The average Bonchev–Trinajstić information content (AvgIpc) is 2.87. The minimum Gasteiger partial charge on any atom is -0.396 e. The van der Waals surface area contributed by atoms with Crippen molar-refractivity contribution in [2.45, 2.75) is 38.5 Å². The summed E-state index contributed by atoms with van der Waals surface area (Å²) in [4.78, 5) is 25.3. The van der Waals surface area contributed by atoms with E-state index in [9.17, 15) is 9.90 Å². The standard InChI is InChI=1S/C19H30N4O2/c24-15-17-14-23(19(25)6-5-18-11-20-7-8-21-18)13-16(17)12-22-9-3-1-2-4-10-22/h7-8,11,16-17,24H,1-6,9-10,12-15H2/t16-,17-/m0/s1. The molecule has 1 amide bonds. The summed E-state index contributed by atoms with van der Waals surface area (Å²) in [5, 5.41) is 9.75. The summed E-state index contributed by atoms with van der Waals surface area (Å²) in [6.45, 7) is 4.98. The van der Waals surface area contributed by atoms with E-state index < -0.39 is 0 Å². The molecule has 0 bridgehead atoms. The van der Waals surface area contributed by atoms with Gasteiger partial charge in [-0.05, 0) is 38.3 Å². The predicted octanol–water partition coefficient (Wildman–Crippen LogP) is 1.35. The molecule has 2 aliphatic heterocycles. The lowest BCUT2D eigenvalue weighted by Crippen LogP contribution is -2.35. The Morgan fingerprint density at radius 3 is 2.56 bits per heavy atom. The minimum atomic E-state index is 0.169. The Labute approximate surface area is 150 Å². The third kappa shape index (κ3) is 5.22. The van der Waals surface area contributed by atoms with E-state index in [0.717, 1.165) is 31.9 Å². The van der Waals surface area contributed by atoms with Crippen LogP contribution in [0.5, 0.6) is 0 Å². The first-order valence-electron chi connectivity index (χ1n) is 9.62. The molecular formula is C19H30N4O2. The molecule has 138 valence electrons. The highest BCUT2D eigenvalue weighted by Crippen LogP contribution is 2.26. The van der Waals surface area contributed by atoms with E-state index in [0.29, 0.717) is 25.3 Å². The van der Waals surface area contributed by atoms with Crippen LogP contribution in [0, 0.1) is 11.8 Å². The van der Waals surface area contributed by atoms with Crippen LogP contribution in [0.1, 0.15) is 37.8 Å². The van der Waals surface area contributed by atoms with E-state index in [1.165, 1.54) is 25.7 Å². The van der Waals surface area contributed by atoms with Gasteiger partial charge < -0.3 is 14.9 Å². The van der Waals surface area contributed by atoms with Crippen LogP contribution in [0.2, 0.25) is 0 Å². The number of hydrogen-bond acceptors (Lipinski definition) is 5. The summed E-state index contributed by atoms with van der Waals surface area (Å²) in [7, 11) is 0. The SMILES string of the molecule is O=C(CCc1cnccn1)N1C[C@@H](CO)[C@@H](CN2CCCCCC2)C1. The molecule has 1 N–H and O–H groups in total. The number of amides is 1. The fourth-order valence-electron chi connectivity index (χ4n) is 4.06. The van der Waals surface area contributed by atoms with Crippen LogP contribution in [0.4, 0.5) is 0 Å². The van der Waals surface area contributed by atoms with Crippen molar-refractivity contribution in [2.75, 3.05) is 39.3 Å². The van der Waals surface area contributed by atoms with E-state index in [1.807, 2.05) is 4.90 Å². The Balaban J connectivity index is 1.50. The minimum absolute atomic E-state index is 0.169. The maximum atomic E-state index is 12.6. The monoisotopic (exact) mass is 346 g/mol. The third-order valence-corrected chi connectivity index (χ3v) is 5.57. The van der Waals surface area contributed by atoms with Gasteiger partial charge in [0.05, 0.1) is 5.69 Å². The van der Waals surface area contributed by atoms with Gasteiger partial charge in [-0.25, -0.2) is 0 Å². The van der Waals surface area contributed by atoms with Crippen LogP contribution in [0.15, 0.2) is 18.6 Å². The number of carbonyl (C=O) groups excluding carboxylic acids is 1. The largest absolute Gasteiger partial charge is 0.396 e. The smallest absolute Gasteiger partial charge is 0.222 e. The van der Waals surface area contributed by atoms with Crippen molar-refractivity contribution < 1.29 is 9.90 Å². The molecule has 2 aliphatic rings. The first kappa shape index (κ1) is 18.3. The van der Waals surface area contributed by atoms with Crippen molar-refractivity contribution in [3.8, 4) is 0 Å². The molecule has 1 aromatic heterocycles. The molecule has 6 nitrogen and oxygen atoms in total. The molecule has 0 aliphatic carbocycles. The van der Waals surface area contributed by atoms with Crippen LogP contribution in [-0.2, 0) is 11.2 Å². The molecule has 2 atom stereocenters. The normalized spacial score (nSPS) is 25.1. The molecule has 0 saturated carbocycles. The molecule has 0 spiro atoms. The second kappa shape index (κ2) is 9.25. The molecule has 0 radical (unpaired) electrons. The molecule has 0 unspecified atom stereocenters. The van der Waals surface area contributed by atoms with E-state index in [2.05, 4.69) is 14.9 Å². The Bertz CT molecular complexity index is 531. The highest BCUT2D eigenvalue weighted by Gasteiger charge is 2.35. The number of likely N-dealkylation sites (tertiary alicyclic amines) is 2. The fraction of sp³-hybridized carbons (Fsp3) is 0.737. The zero-order valence-electron chi connectivity index (χ0n) is 15.0. The maximum absolute atomic E-state index is 12.6. The number of aliphatic hydroxyl groups excluding tert-OH is 1. The van der Waals surface area contributed by atoms with Gasteiger partial charge in [-0.15, -0.1) is 0 Å². The molecule has 25 heavy (non-hydrogen) atoms. The Morgan fingerprint density at radius 2 is 1.88 bits per heavy atom. The molecule has 2 saturated heterocycles. The summed E-state index contributed by atoms with van der Waals surface area (Å²) in [5.41, 5.74) is 0.856. The lowest BCUT2D eigenvalue weighted by Gasteiger charge is -2.26. The molecule has 6 heteroatoms. The summed E-state index contributed by atoms with van der Waals surface area (Å²) in [6, 6.07) is 0. The van der Waals surface area contributed by atoms with Gasteiger partial charge in [0.2, 0.25) is 5.91 Å². The number of carbonyl (C=O) groups is 1. The van der Waals surface area contributed by atoms with Crippen LogP contribution in [-0.4, -0.2) is 70.1 Å². The molecule has 3 heterocycles. The van der Waals surface area contributed by atoms with Crippen LogP contribution in [0.25, 0.3) is 0 Å². The molecular weight excluding hydrogens is 316 g/mol. The van der Waals surface area contributed by atoms with Gasteiger partial charge in [0.15, 0.2) is 0 Å². The zero-order chi connectivity index (χ0) is 17.5. The van der Waals surface area contributed by atoms with Crippen molar-refractivity contribution in [1.29, 1.82) is 0 Å². The van der Waals surface area contributed by atoms with Crippen LogP contribution >= 0.6 is 0 Å². The first-order valence-corrected chi connectivity index (χ1v) is 9.62. The lowest BCUT2D eigenvalue weighted by molar-refractivity contribution is -0.130. The molecule has 3 rings (SSSR count). The number of nitrogens with zero attached hydrogens (tertiary/aromatic N) is 4. The van der Waals surface area contributed by atoms with Gasteiger partial charge >= 0.3 is 0 Å². The van der Waals surface area contributed by atoms with E-state index >= 15 is 0 Å². The predicted molar refractivity (Wildman–Crippen MR) is 95.9 cm³/mol. The fourth-order valence-corrected chi connectivity index (χ4v) is 4.06. The highest BCUT2D eigenvalue weighted by atomic mass is 16.3. The van der Waals surface area contributed by atoms with E-state index in [1.54, 1.807) is 18.6 Å². The molecule has 1 aromatic rings. The van der Waals surface area contributed by atoms with Gasteiger partial charge in [-0.3, -0.25) is 14.8 Å². The van der Waals surface area contributed by atoms with Crippen LogP contribution in [0.3, 0.4) is 0 Å². The third-order valence-electron chi connectivity index (χ3n) is 5.57. The van der Waals surface area contributed by atoms with Gasteiger partial charge in [0.25, 0.3) is 0 Å². The number of aryl methyl sites for hydroxylation is 1. The lowest BCUT2D eigenvalue weighted by atomic mass is 9.96. The second-order valence-corrected chi connectivity index (χ2v) is 7.41. The number of aromatic nitrogens is 2. The summed E-state index contributed by atoms with van der Waals surface area (Å²) in [6.07, 6.45) is 11.3. The quantitative estimate of drug-likeness (QED) is 0.842. The van der Waals surface area contributed by atoms with Crippen molar-refractivity contribution in [1.82, 2.24) is 19.8 Å². The van der Waals surface area contributed by atoms with Gasteiger partial charge in [0, 0.05) is 57.2 Å². The average molecular weight is 346 g/mol. The Morgan fingerprint density at radius 1 is 1.12 bits per heavy atom. The van der Waals surface area contributed by atoms with Crippen molar-refractivity contribution >= 4 is 5.91 Å². The van der Waals surface area contributed by atoms with Crippen LogP contribution < -0.4 is 0 Å². The van der Waals surface area contributed by atoms with Gasteiger partial charge in [-0.1, -0.05) is 12.8 Å². The van der Waals surface area contributed by atoms with Crippen molar-refractivity contribution in [2.24, 2.45) is 11.8 Å².